The Kier molecular flexibility index (Phi) is 5.14. The number of methoxy groups -OCH3 is 1. The summed E-state index contributed by atoms with van der Waals surface area (Å²) < 4.78 is 31.8. The second-order valence-electron chi connectivity index (χ2n) is 5.50. The Balaban J connectivity index is 2.20. The molecule has 1 heterocycles. The zero-order valence-electron chi connectivity index (χ0n) is 12.5. The van der Waals surface area contributed by atoms with Gasteiger partial charge in [0.1, 0.15) is 10.6 Å². The molecule has 0 amide bonds. The number of rotatable bonds is 5. The molecule has 0 saturated carbocycles. The first kappa shape index (κ1) is 16.5. The highest BCUT2D eigenvalue weighted by Crippen LogP contribution is 2.29. The molecule has 21 heavy (non-hydrogen) atoms. The maximum absolute atomic E-state index is 12.7. The zero-order valence-corrected chi connectivity index (χ0v) is 14.1. The molecule has 2 rings (SSSR count). The van der Waals surface area contributed by atoms with Crippen LogP contribution in [-0.4, -0.2) is 58.5 Å². The average Bonchev–Trinajstić information content (AvgIpc) is 2.84. The number of hydrogen-bond donors (Lipinski definition) is 0. The van der Waals surface area contributed by atoms with Gasteiger partial charge in [-0.15, -0.1) is 0 Å². The first-order chi connectivity index (χ1) is 9.84. The first-order valence-electron chi connectivity index (χ1n) is 6.83. The lowest BCUT2D eigenvalue weighted by Gasteiger charge is -2.21. The lowest BCUT2D eigenvalue weighted by molar-refractivity contribution is 0.356. The number of likely N-dealkylation sites (tertiary alicyclic amines) is 1. The van der Waals surface area contributed by atoms with Crippen molar-refractivity contribution in [2.45, 2.75) is 11.3 Å². The summed E-state index contributed by atoms with van der Waals surface area (Å²) in [7, 11) is 1.54. The summed E-state index contributed by atoms with van der Waals surface area (Å²) in [5.41, 5.74) is 0. The molecule has 0 aromatic heterocycles. The minimum absolute atomic E-state index is 0.0948. The highest BCUT2D eigenvalue weighted by molar-refractivity contribution is 7.89. The number of ether oxygens (including phenoxy) is 1. The first-order valence-corrected chi connectivity index (χ1v) is 8.65. The molecule has 1 aliphatic rings. The van der Waals surface area contributed by atoms with Gasteiger partial charge < -0.3 is 9.64 Å². The van der Waals surface area contributed by atoms with Crippen molar-refractivity contribution in [2.24, 2.45) is 5.92 Å². The van der Waals surface area contributed by atoms with E-state index in [1.165, 1.54) is 17.5 Å². The molecule has 1 aliphatic heterocycles. The van der Waals surface area contributed by atoms with Crippen molar-refractivity contribution in [1.29, 1.82) is 0 Å². The summed E-state index contributed by atoms with van der Waals surface area (Å²) in [4.78, 5) is 2.31. The van der Waals surface area contributed by atoms with Gasteiger partial charge in [0.15, 0.2) is 0 Å². The van der Waals surface area contributed by atoms with Crippen LogP contribution in [0.3, 0.4) is 0 Å². The fourth-order valence-electron chi connectivity index (χ4n) is 2.61. The Morgan fingerprint density at radius 2 is 2.19 bits per heavy atom. The number of sulfonamides is 1. The minimum Gasteiger partial charge on any atom is -0.497 e. The van der Waals surface area contributed by atoms with Gasteiger partial charge in [-0.25, -0.2) is 12.7 Å². The van der Waals surface area contributed by atoms with E-state index in [9.17, 15) is 8.42 Å². The van der Waals surface area contributed by atoms with E-state index in [1.807, 2.05) is 7.05 Å². The summed E-state index contributed by atoms with van der Waals surface area (Å²) in [6.07, 6.45) is 1.02. The quantitative estimate of drug-likeness (QED) is 0.826. The van der Waals surface area contributed by atoms with Crippen LogP contribution in [0.5, 0.6) is 5.75 Å². The molecule has 0 unspecified atom stereocenters. The molecule has 0 aliphatic carbocycles. The maximum atomic E-state index is 12.7. The standard InChI is InChI=1S/C14H21ClN2O3S/c1-16-7-6-11(9-16)10-17(2)21(18,19)14-8-12(20-3)4-5-13(14)15/h4-5,8,11H,6-7,9-10H2,1-3H3/t11-/m0/s1. The van der Waals surface area contributed by atoms with Crippen molar-refractivity contribution in [3.8, 4) is 5.75 Å². The lowest BCUT2D eigenvalue weighted by Crippen LogP contribution is -2.33. The molecule has 1 aromatic carbocycles. The van der Waals surface area contributed by atoms with Crippen LogP contribution in [0.2, 0.25) is 5.02 Å². The van der Waals surface area contributed by atoms with Crippen LogP contribution in [-0.2, 0) is 10.0 Å². The van der Waals surface area contributed by atoms with Gasteiger partial charge in [0, 0.05) is 26.2 Å². The Labute approximate surface area is 131 Å². The molecule has 7 heteroatoms. The van der Waals surface area contributed by atoms with Crippen molar-refractivity contribution < 1.29 is 13.2 Å². The average molecular weight is 333 g/mol. The molecule has 1 aromatic rings. The Morgan fingerprint density at radius 1 is 1.48 bits per heavy atom. The van der Waals surface area contributed by atoms with Gasteiger partial charge in [0.25, 0.3) is 0 Å². The molecule has 1 atom stereocenters. The molecule has 1 saturated heterocycles. The van der Waals surface area contributed by atoms with Crippen molar-refractivity contribution >= 4 is 21.6 Å². The van der Waals surface area contributed by atoms with E-state index < -0.39 is 10.0 Å². The van der Waals surface area contributed by atoms with Crippen LogP contribution < -0.4 is 4.74 Å². The van der Waals surface area contributed by atoms with Crippen LogP contribution in [0.4, 0.5) is 0 Å². The molecular weight excluding hydrogens is 312 g/mol. The molecule has 0 spiro atoms. The number of benzene rings is 1. The topological polar surface area (TPSA) is 49.9 Å². The largest absolute Gasteiger partial charge is 0.497 e. The van der Waals surface area contributed by atoms with Gasteiger partial charge in [0.05, 0.1) is 12.1 Å². The Hall–Kier alpha value is -0.820. The van der Waals surface area contributed by atoms with Crippen LogP contribution >= 0.6 is 11.6 Å². The molecule has 5 nitrogen and oxygen atoms in total. The van der Waals surface area contributed by atoms with Crippen molar-refractivity contribution in [3.05, 3.63) is 23.2 Å². The number of nitrogens with zero attached hydrogens (tertiary/aromatic N) is 2. The van der Waals surface area contributed by atoms with Gasteiger partial charge >= 0.3 is 0 Å². The third kappa shape index (κ3) is 3.69. The van der Waals surface area contributed by atoms with E-state index in [0.717, 1.165) is 19.5 Å². The van der Waals surface area contributed by atoms with Gasteiger partial charge in [0.2, 0.25) is 10.0 Å². The smallest absolute Gasteiger partial charge is 0.244 e. The molecule has 0 N–H and O–H groups in total. The highest BCUT2D eigenvalue weighted by Gasteiger charge is 2.28. The molecule has 1 fully saturated rings. The maximum Gasteiger partial charge on any atom is 0.244 e. The van der Waals surface area contributed by atoms with Crippen LogP contribution in [0.15, 0.2) is 23.1 Å². The third-order valence-electron chi connectivity index (χ3n) is 3.83. The summed E-state index contributed by atoms with van der Waals surface area (Å²) in [5.74, 6) is 0.839. The Morgan fingerprint density at radius 3 is 2.76 bits per heavy atom. The second kappa shape index (κ2) is 6.52. The van der Waals surface area contributed by atoms with Crippen molar-refractivity contribution in [2.75, 3.05) is 40.8 Å². The third-order valence-corrected chi connectivity index (χ3v) is 6.14. The molecular formula is C14H21ClN2O3S. The SMILES string of the molecule is COc1ccc(Cl)c(S(=O)(=O)N(C)C[C@H]2CCN(C)C2)c1. The fraction of sp³-hybridized carbons (Fsp3) is 0.571. The molecule has 0 bridgehead atoms. The van der Waals surface area contributed by atoms with Gasteiger partial charge in [-0.05, 0) is 38.1 Å². The normalized spacial score (nSPS) is 20.1. The van der Waals surface area contributed by atoms with Crippen molar-refractivity contribution in [1.82, 2.24) is 9.21 Å². The molecule has 0 radical (unpaired) electrons. The summed E-state index contributed by atoms with van der Waals surface area (Å²) in [6, 6.07) is 4.66. The van der Waals surface area contributed by atoms with Crippen molar-refractivity contribution in [3.63, 3.8) is 0 Å². The van der Waals surface area contributed by atoms with E-state index in [-0.39, 0.29) is 9.92 Å². The van der Waals surface area contributed by atoms with E-state index >= 15 is 0 Å². The fourth-order valence-corrected chi connectivity index (χ4v) is 4.35. The van der Waals surface area contributed by atoms with Gasteiger partial charge in [-0.2, -0.15) is 0 Å². The summed E-state index contributed by atoms with van der Waals surface area (Å²) in [6.45, 7) is 2.43. The highest BCUT2D eigenvalue weighted by atomic mass is 35.5. The molecule has 118 valence electrons. The van der Waals surface area contributed by atoms with Gasteiger partial charge in [-0.3, -0.25) is 0 Å². The van der Waals surface area contributed by atoms with Crippen LogP contribution in [0.1, 0.15) is 6.42 Å². The van der Waals surface area contributed by atoms with Gasteiger partial charge in [-0.1, -0.05) is 11.6 Å². The van der Waals surface area contributed by atoms with E-state index in [1.54, 1.807) is 19.2 Å². The predicted molar refractivity (Wildman–Crippen MR) is 83.4 cm³/mol. The second-order valence-corrected chi connectivity index (χ2v) is 7.92. The number of hydrogen-bond acceptors (Lipinski definition) is 4. The lowest BCUT2D eigenvalue weighted by atomic mass is 10.1. The Bertz CT molecular complexity index is 606. The summed E-state index contributed by atoms with van der Waals surface area (Å²) in [5, 5.41) is 0.214. The van der Waals surface area contributed by atoms with E-state index in [4.69, 9.17) is 16.3 Å². The van der Waals surface area contributed by atoms with E-state index in [0.29, 0.717) is 18.2 Å². The minimum atomic E-state index is -3.60. The monoisotopic (exact) mass is 332 g/mol. The predicted octanol–water partition coefficient (Wildman–Crippen LogP) is 1.92. The van der Waals surface area contributed by atoms with Crippen LogP contribution in [0.25, 0.3) is 0 Å². The summed E-state index contributed by atoms with van der Waals surface area (Å²) >= 11 is 6.05. The number of halogens is 1. The van der Waals surface area contributed by atoms with E-state index in [2.05, 4.69) is 4.90 Å². The zero-order chi connectivity index (χ0) is 15.6. The van der Waals surface area contributed by atoms with Crippen LogP contribution in [0, 0.1) is 5.92 Å².